The van der Waals surface area contributed by atoms with Crippen molar-refractivity contribution in [3.8, 4) is 0 Å². The first kappa shape index (κ1) is 12.6. The molecule has 0 amide bonds. The molecule has 2 nitrogen and oxygen atoms in total. The van der Waals surface area contributed by atoms with Crippen LogP contribution < -0.4 is 11.3 Å². The summed E-state index contributed by atoms with van der Waals surface area (Å²) in [6, 6.07) is -1.37. The zero-order chi connectivity index (χ0) is 12.5. The lowest BCUT2D eigenvalue weighted by Crippen LogP contribution is -2.29. The number of hydrogen-bond acceptors (Lipinski definition) is 2. The van der Waals surface area contributed by atoms with Gasteiger partial charge in [-0.25, -0.2) is 27.4 Å². The van der Waals surface area contributed by atoms with E-state index in [9.17, 15) is 22.0 Å². The van der Waals surface area contributed by atoms with Gasteiger partial charge in [0.1, 0.15) is 0 Å². The van der Waals surface area contributed by atoms with Crippen LogP contribution in [0.3, 0.4) is 0 Å². The predicted octanol–water partition coefficient (Wildman–Crippen LogP) is 2.07. The van der Waals surface area contributed by atoms with Crippen molar-refractivity contribution < 1.29 is 22.0 Å². The molecule has 1 rings (SSSR count). The van der Waals surface area contributed by atoms with Gasteiger partial charge in [-0.05, 0) is 0 Å². The number of nitrogens with one attached hydrogen (secondary N) is 1. The second kappa shape index (κ2) is 4.58. The average molecular weight is 238 g/mol. The van der Waals surface area contributed by atoms with Crippen LogP contribution in [-0.2, 0) is 0 Å². The topological polar surface area (TPSA) is 38.0 Å². The summed E-state index contributed by atoms with van der Waals surface area (Å²) in [7, 11) is 0. The van der Waals surface area contributed by atoms with Crippen LogP contribution in [0.4, 0.5) is 22.0 Å². The number of hydrazine groups is 1. The van der Waals surface area contributed by atoms with Gasteiger partial charge in [-0.2, -0.15) is 0 Å². The number of nitrogens with two attached hydrogens (primary N) is 1. The van der Waals surface area contributed by atoms with Gasteiger partial charge in [-0.15, -0.1) is 6.58 Å². The fourth-order valence-corrected chi connectivity index (χ4v) is 1.16. The van der Waals surface area contributed by atoms with Crippen molar-refractivity contribution in [3.63, 3.8) is 0 Å². The van der Waals surface area contributed by atoms with Crippen LogP contribution in [0.15, 0.2) is 12.7 Å². The normalized spacial score (nSPS) is 12.6. The van der Waals surface area contributed by atoms with Crippen LogP contribution in [0.25, 0.3) is 0 Å². The van der Waals surface area contributed by atoms with E-state index in [0.29, 0.717) is 0 Å². The Morgan fingerprint density at radius 3 is 1.62 bits per heavy atom. The van der Waals surface area contributed by atoms with Crippen LogP contribution in [0.5, 0.6) is 0 Å². The summed E-state index contributed by atoms with van der Waals surface area (Å²) in [6.07, 6.45) is 0.915. The minimum atomic E-state index is -2.21. The zero-order valence-electron chi connectivity index (χ0n) is 7.83. The van der Waals surface area contributed by atoms with Gasteiger partial charge in [-0.3, -0.25) is 5.84 Å². The molecule has 0 aliphatic carbocycles. The summed E-state index contributed by atoms with van der Waals surface area (Å²) in [6.45, 7) is 3.16. The van der Waals surface area contributed by atoms with Crippen LogP contribution in [0.2, 0.25) is 0 Å². The first-order valence-corrected chi connectivity index (χ1v) is 4.05. The Labute approximate surface area is 87.5 Å². The highest BCUT2D eigenvalue weighted by molar-refractivity contribution is 5.29. The zero-order valence-corrected chi connectivity index (χ0v) is 7.83. The summed E-state index contributed by atoms with van der Waals surface area (Å²) >= 11 is 0. The van der Waals surface area contributed by atoms with E-state index in [0.717, 1.165) is 6.08 Å². The van der Waals surface area contributed by atoms with E-state index >= 15 is 0 Å². The fourth-order valence-electron chi connectivity index (χ4n) is 1.16. The molecule has 3 N–H and O–H groups in total. The maximum absolute atomic E-state index is 13.2. The van der Waals surface area contributed by atoms with Crippen LogP contribution in [0, 0.1) is 29.1 Å². The van der Waals surface area contributed by atoms with E-state index in [2.05, 4.69) is 6.58 Å². The van der Waals surface area contributed by atoms with Gasteiger partial charge in [-0.1, -0.05) is 6.08 Å². The molecule has 0 fully saturated rings. The summed E-state index contributed by atoms with van der Waals surface area (Å²) in [5, 5.41) is 0. The van der Waals surface area contributed by atoms with Crippen molar-refractivity contribution >= 4 is 0 Å². The molecule has 16 heavy (non-hydrogen) atoms. The number of benzene rings is 1. The summed E-state index contributed by atoms with van der Waals surface area (Å²) in [4.78, 5) is 0. The molecule has 0 aliphatic rings. The summed E-state index contributed by atoms with van der Waals surface area (Å²) in [5.74, 6) is -5.21. The summed E-state index contributed by atoms with van der Waals surface area (Å²) < 4.78 is 64.5. The molecule has 0 aromatic heterocycles. The van der Waals surface area contributed by atoms with E-state index in [-0.39, 0.29) is 0 Å². The van der Waals surface area contributed by atoms with Crippen molar-refractivity contribution in [2.45, 2.75) is 6.04 Å². The Hall–Kier alpha value is -1.47. The molecule has 1 aromatic rings. The maximum atomic E-state index is 13.2. The van der Waals surface area contributed by atoms with Gasteiger partial charge in [0.25, 0.3) is 0 Å². The monoisotopic (exact) mass is 238 g/mol. The lowest BCUT2D eigenvalue weighted by molar-refractivity contribution is 0.363. The van der Waals surface area contributed by atoms with Gasteiger partial charge in [0.2, 0.25) is 5.82 Å². The third-order valence-electron chi connectivity index (χ3n) is 1.97. The van der Waals surface area contributed by atoms with E-state index in [4.69, 9.17) is 5.84 Å². The Morgan fingerprint density at radius 2 is 1.31 bits per heavy atom. The van der Waals surface area contributed by atoms with Crippen molar-refractivity contribution in [2.75, 3.05) is 0 Å². The molecule has 0 saturated carbocycles. The molecule has 1 atom stereocenters. The van der Waals surface area contributed by atoms with Gasteiger partial charge < -0.3 is 0 Å². The van der Waals surface area contributed by atoms with Crippen molar-refractivity contribution in [2.24, 2.45) is 5.84 Å². The average Bonchev–Trinajstić information content (AvgIpc) is 2.29. The van der Waals surface area contributed by atoms with Gasteiger partial charge in [0, 0.05) is 0 Å². The molecular formula is C9H7F5N2. The third-order valence-corrected chi connectivity index (χ3v) is 1.97. The predicted molar refractivity (Wildman–Crippen MR) is 46.5 cm³/mol. The second-order valence-corrected chi connectivity index (χ2v) is 2.86. The van der Waals surface area contributed by atoms with E-state index in [1.54, 1.807) is 0 Å². The Balaban J connectivity index is 3.56. The molecule has 0 aliphatic heterocycles. The Morgan fingerprint density at radius 1 is 0.938 bits per heavy atom. The maximum Gasteiger partial charge on any atom is 0.200 e. The van der Waals surface area contributed by atoms with Crippen LogP contribution >= 0.6 is 0 Å². The number of hydrogen-bond donors (Lipinski definition) is 2. The largest absolute Gasteiger partial charge is 0.271 e. The Kier molecular flexibility index (Phi) is 3.61. The van der Waals surface area contributed by atoms with Gasteiger partial charge in [0.15, 0.2) is 23.3 Å². The molecule has 0 saturated heterocycles. The summed E-state index contributed by atoms with van der Waals surface area (Å²) in [5.41, 5.74) is 0.809. The minimum absolute atomic E-state index is 0.915. The highest BCUT2D eigenvalue weighted by atomic mass is 19.2. The third kappa shape index (κ3) is 1.79. The van der Waals surface area contributed by atoms with Crippen molar-refractivity contribution in [1.29, 1.82) is 0 Å². The van der Waals surface area contributed by atoms with Crippen molar-refractivity contribution in [3.05, 3.63) is 47.3 Å². The van der Waals surface area contributed by atoms with E-state index in [1.165, 1.54) is 0 Å². The van der Waals surface area contributed by atoms with Crippen LogP contribution in [-0.4, -0.2) is 0 Å². The lowest BCUT2D eigenvalue weighted by Gasteiger charge is -2.14. The molecule has 1 unspecified atom stereocenters. The van der Waals surface area contributed by atoms with E-state index < -0.39 is 40.7 Å². The minimum Gasteiger partial charge on any atom is -0.271 e. The van der Waals surface area contributed by atoms with Gasteiger partial charge >= 0.3 is 0 Å². The SMILES string of the molecule is C=CC(NN)c1c(F)c(F)c(F)c(F)c1F. The molecule has 0 bridgehead atoms. The molecule has 0 spiro atoms. The number of halogens is 5. The number of rotatable bonds is 3. The lowest BCUT2D eigenvalue weighted by atomic mass is 10.1. The highest BCUT2D eigenvalue weighted by Crippen LogP contribution is 2.27. The fraction of sp³-hybridized carbons (Fsp3) is 0.111. The van der Waals surface area contributed by atoms with Crippen LogP contribution in [0.1, 0.15) is 11.6 Å². The Bertz CT molecular complexity index is 403. The highest BCUT2D eigenvalue weighted by Gasteiger charge is 2.28. The second-order valence-electron chi connectivity index (χ2n) is 2.86. The van der Waals surface area contributed by atoms with Gasteiger partial charge in [0.05, 0.1) is 11.6 Å². The van der Waals surface area contributed by atoms with Crippen molar-refractivity contribution in [1.82, 2.24) is 5.43 Å². The molecular weight excluding hydrogens is 231 g/mol. The molecule has 0 radical (unpaired) electrons. The first-order chi connectivity index (χ1) is 7.45. The molecule has 1 aromatic carbocycles. The quantitative estimate of drug-likeness (QED) is 0.211. The molecule has 7 heteroatoms. The molecule has 88 valence electrons. The first-order valence-electron chi connectivity index (χ1n) is 4.05. The standard InChI is InChI=1S/C9H7F5N2/c1-2-3(16-15)4-5(10)7(12)9(14)8(13)6(4)11/h2-3,16H,1,15H2. The smallest absolute Gasteiger partial charge is 0.200 e. The molecule has 0 heterocycles. The van der Waals surface area contributed by atoms with E-state index in [1.807, 2.05) is 5.43 Å².